The maximum absolute atomic E-state index is 12.0. The van der Waals surface area contributed by atoms with Gasteiger partial charge in [-0.15, -0.1) is 0 Å². The first-order valence-electron chi connectivity index (χ1n) is 15.1. The third-order valence-corrected chi connectivity index (χ3v) is 8.47. The number of benzene rings is 1. The van der Waals surface area contributed by atoms with Gasteiger partial charge in [0.25, 0.3) is 0 Å². The zero-order valence-electron chi connectivity index (χ0n) is 24.9. The van der Waals surface area contributed by atoms with Crippen LogP contribution in [0.2, 0.25) is 5.02 Å². The van der Waals surface area contributed by atoms with Crippen LogP contribution in [0.4, 0.5) is 0 Å². The number of unbranched alkanes of at least 4 members (excludes halogenated alkanes) is 2. The summed E-state index contributed by atoms with van der Waals surface area (Å²) >= 11 is 6.74. The lowest BCUT2D eigenvalue weighted by Gasteiger charge is -2.32. The van der Waals surface area contributed by atoms with Gasteiger partial charge < -0.3 is 20.5 Å². The van der Waals surface area contributed by atoms with Crippen LogP contribution in [0.3, 0.4) is 0 Å². The summed E-state index contributed by atoms with van der Waals surface area (Å²) in [5.41, 5.74) is 9.10. The molecule has 0 saturated heterocycles. The highest BCUT2D eigenvalue weighted by atomic mass is 35.5. The molecule has 3 rings (SSSR count). The molecule has 1 aromatic carbocycles. The number of hydrogen-bond donors (Lipinski definition) is 2. The Balaban J connectivity index is 0.000000658. The SMILES string of the molecule is CCC1=CC(c2c(Cl)cccc2C(O)(CCCCOC)CCCCN(C)C(C)=O)=CCC1.NC1CCCCC1. The monoisotopic (exact) mass is 560 g/mol. The Morgan fingerprint density at radius 2 is 1.85 bits per heavy atom. The van der Waals surface area contributed by atoms with E-state index >= 15 is 0 Å². The Hall–Kier alpha value is -1.66. The molecule has 1 amide bonds. The number of carbonyl (C=O) groups is 1. The van der Waals surface area contributed by atoms with Crippen LogP contribution in [0.25, 0.3) is 5.57 Å². The summed E-state index contributed by atoms with van der Waals surface area (Å²) in [5.74, 6) is 0.0692. The fourth-order valence-corrected chi connectivity index (χ4v) is 5.82. The minimum atomic E-state index is -0.971. The molecule has 1 aromatic rings. The maximum atomic E-state index is 12.0. The molecule has 5 nitrogen and oxygen atoms in total. The van der Waals surface area contributed by atoms with E-state index in [1.54, 1.807) is 18.9 Å². The molecule has 1 unspecified atom stereocenters. The predicted octanol–water partition coefficient (Wildman–Crippen LogP) is 7.78. The van der Waals surface area contributed by atoms with Crippen molar-refractivity contribution in [3.63, 3.8) is 0 Å². The Kier molecular flexibility index (Phi) is 15.4. The molecule has 2 aliphatic carbocycles. The molecular weight excluding hydrogens is 508 g/mol. The summed E-state index contributed by atoms with van der Waals surface area (Å²) in [6, 6.07) is 6.43. The molecular formula is C33H53ClN2O3. The highest BCUT2D eigenvalue weighted by Gasteiger charge is 2.32. The van der Waals surface area contributed by atoms with Crippen LogP contribution in [0.1, 0.15) is 115 Å². The number of aliphatic hydroxyl groups is 1. The molecule has 39 heavy (non-hydrogen) atoms. The third-order valence-electron chi connectivity index (χ3n) is 8.16. The van der Waals surface area contributed by atoms with Gasteiger partial charge in [0, 0.05) is 50.9 Å². The average molecular weight is 561 g/mol. The first-order chi connectivity index (χ1) is 18.7. The maximum Gasteiger partial charge on any atom is 0.219 e. The standard InChI is InChI=1S/C27H40ClNO3.C6H13N/c1-5-22-12-10-13-23(20-22)26-24(14-11-15-25(26)28)27(31,17-7-9-19-32-4)16-6-8-18-29(3)21(2)30;7-6-4-2-1-3-5-6/h11,13-15,20,31H,5-10,12,16-19H2,1-4H3;6H,1-5,7H2. The second kappa shape index (κ2) is 17.9. The molecule has 0 radical (unpaired) electrons. The number of ether oxygens (including phenoxy) is 1. The molecule has 0 heterocycles. The van der Waals surface area contributed by atoms with Gasteiger partial charge in [-0.25, -0.2) is 0 Å². The van der Waals surface area contributed by atoms with Crippen LogP contribution >= 0.6 is 11.6 Å². The van der Waals surface area contributed by atoms with Crippen molar-refractivity contribution in [2.75, 3.05) is 27.3 Å². The number of allylic oxidation sites excluding steroid dienone is 4. The topological polar surface area (TPSA) is 75.8 Å². The lowest BCUT2D eigenvalue weighted by molar-refractivity contribution is -0.127. The Bertz CT molecular complexity index is 939. The van der Waals surface area contributed by atoms with Crippen LogP contribution in [0.15, 0.2) is 35.9 Å². The average Bonchev–Trinajstić information content (AvgIpc) is 2.94. The molecule has 6 heteroatoms. The highest BCUT2D eigenvalue weighted by molar-refractivity contribution is 6.32. The van der Waals surface area contributed by atoms with Crippen molar-refractivity contribution in [1.82, 2.24) is 4.90 Å². The molecule has 1 saturated carbocycles. The summed E-state index contributed by atoms with van der Waals surface area (Å²) in [7, 11) is 3.53. The molecule has 3 N–H and O–H groups in total. The summed E-state index contributed by atoms with van der Waals surface area (Å²) < 4.78 is 5.21. The van der Waals surface area contributed by atoms with Crippen LogP contribution in [0, 0.1) is 0 Å². The van der Waals surface area contributed by atoms with Crippen molar-refractivity contribution in [3.05, 3.63) is 52.1 Å². The molecule has 0 spiro atoms. The molecule has 1 fully saturated rings. The van der Waals surface area contributed by atoms with Crippen LogP contribution in [-0.2, 0) is 15.1 Å². The second-order valence-electron chi connectivity index (χ2n) is 11.3. The van der Waals surface area contributed by atoms with Crippen LogP contribution in [-0.4, -0.2) is 49.3 Å². The van der Waals surface area contributed by atoms with Gasteiger partial charge in [0.15, 0.2) is 0 Å². The third kappa shape index (κ3) is 11.4. The Labute approximate surface area is 242 Å². The van der Waals surface area contributed by atoms with Crippen molar-refractivity contribution in [2.45, 2.75) is 115 Å². The molecule has 220 valence electrons. The van der Waals surface area contributed by atoms with Crippen LogP contribution < -0.4 is 5.73 Å². The quantitative estimate of drug-likeness (QED) is 0.241. The van der Waals surface area contributed by atoms with E-state index in [1.165, 1.54) is 37.7 Å². The number of nitrogens with two attached hydrogens (primary N) is 1. The lowest BCUT2D eigenvalue weighted by atomic mass is 9.79. The van der Waals surface area contributed by atoms with Crippen molar-refractivity contribution in [1.29, 1.82) is 0 Å². The van der Waals surface area contributed by atoms with Crippen molar-refractivity contribution < 1.29 is 14.6 Å². The fourth-order valence-electron chi connectivity index (χ4n) is 5.54. The number of rotatable bonds is 13. The lowest BCUT2D eigenvalue weighted by Crippen LogP contribution is -2.29. The van der Waals surface area contributed by atoms with E-state index < -0.39 is 5.60 Å². The Morgan fingerprint density at radius 1 is 1.15 bits per heavy atom. The van der Waals surface area contributed by atoms with Gasteiger partial charge in [-0.05, 0) is 87.8 Å². The second-order valence-corrected chi connectivity index (χ2v) is 11.7. The molecule has 0 bridgehead atoms. The first kappa shape index (κ1) is 33.5. The highest BCUT2D eigenvalue weighted by Crippen LogP contribution is 2.42. The van der Waals surface area contributed by atoms with Gasteiger partial charge in [-0.1, -0.05) is 67.6 Å². The molecule has 0 aliphatic heterocycles. The normalized spacial score (nSPS) is 17.4. The number of nitrogens with zero attached hydrogens (tertiary/aromatic N) is 1. The van der Waals surface area contributed by atoms with E-state index in [9.17, 15) is 9.90 Å². The fraction of sp³-hybridized carbons (Fsp3) is 0.667. The predicted molar refractivity (Wildman–Crippen MR) is 165 cm³/mol. The number of methoxy groups -OCH3 is 1. The van der Waals surface area contributed by atoms with E-state index in [-0.39, 0.29) is 5.91 Å². The summed E-state index contributed by atoms with van der Waals surface area (Å²) in [5, 5.41) is 12.7. The smallest absolute Gasteiger partial charge is 0.219 e. The largest absolute Gasteiger partial charge is 0.385 e. The van der Waals surface area contributed by atoms with E-state index in [0.717, 1.165) is 61.6 Å². The van der Waals surface area contributed by atoms with E-state index in [1.807, 2.05) is 25.2 Å². The number of hydrogen-bond acceptors (Lipinski definition) is 4. The van der Waals surface area contributed by atoms with Crippen LogP contribution in [0.5, 0.6) is 0 Å². The van der Waals surface area contributed by atoms with Gasteiger partial charge >= 0.3 is 0 Å². The molecule has 0 aromatic heterocycles. The summed E-state index contributed by atoms with van der Waals surface area (Å²) in [6.07, 6.45) is 19.0. The molecule has 2 aliphatic rings. The van der Waals surface area contributed by atoms with Gasteiger partial charge in [0.05, 0.1) is 5.60 Å². The van der Waals surface area contributed by atoms with Gasteiger partial charge in [0.1, 0.15) is 0 Å². The van der Waals surface area contributed by atoms with Crippen molar-refractivity contribution in [2.24, 2.45) is 5.73 Å². The van der Waals surface area contributed by atoms with E-state index in [0.29, 0.717) is 37.1 Å². The Morgan fingerprint density at radius 3 is 2.44 bits per heavy atom. The van der Waals surface area contributed by atoms with Crippen molar-refractivity contribution >= 4 is 23.1 Å². The first-order valence-corrected chi connectivity index (χ1v) is 15.5. The van der Waals surface area contributed by atoms with E-state index in [2.05, 4.69) is 19.1 Å². The van der Waals surface area contributed by atoms with Gasteiger partial charge in [0.2, 0.25) is 5.91 Å². The minimum Gasteiger partial charge on any atom is -0.385 e. The van der Waals surface area contributed by atoms with Gasteiger partial charge in [-0.3, -0.25) is 4.79 Å². The van der Waals surface area contributed by atoms with E-state index in [4.69, 9.17) is 22.1 Å². The zero-order chi connectivity index (χ0) is 28.7. The van der Waals surface area contributed by atoms with Gasteiger partial charge in [-0.2, -0.15) is 0 Å². The summed E-state index contributed by atoms with van der Waals surface area (Å²) in [6.45, 7) is 5.16. The summed E-state index contributed by atoms with van der Waals surface area (Å²) in [4.78, 5) is 13.2. The molecule has 1 atom stereocenters. The van der Waals surface area contributed by atoms with Crippen molar-refractivity contribution in [3.8, 4) is 0 Å². The number of amides is 1. The number of carbonyl (C=O) groups excluding carboxylic acids is 1. The number of halogens is 1. The zero-order valence-corrected chi connectivity index (χ0v) is 25.7. The minimum absolute atomic E-state index is 0.0692.